The summed E-state index contributed by atoms with van der Waals surface area (Å²) in [6.45, 7) is 3.85. The van der Waals surface area contributed by atoms with Gasteiger partial charge in [0.05, 0.1) is 11.3 Å². The predicted octanol–water partition coefficient (Wildman–Crippen LogP) is 3.06. The Morgan fingerprint density at radius 2 is 1.93 bits per heavy atom. The first-order valence-electron chi connectivity index (χ1n) is 9.14. The molecule has 1 amide bonds. The number of para-hydroxylation sites is 1. The van der Waals surface area contributed by atoms with Crippen LogP contribution in [0.4, 0.5) is 5.69 Å². The number of fused-ring (bicyclic) bond motifs is 3. The molecule has 142 valence electrons. The maximum absolute atomic E-state index is 13.1. The van der Waals surface area contributed by atoms with Gasteiger partial charge in [0, 0.05) is 17.1 Å². The minimum atomic E-state index is -0.522. The van der Waals surface area contributed by atoms with Gasteiger partial charge in [-0.2, -0.15) is 0 Å². The summed E-state index contributed by atoms with van der Waals surface area (Å²) in [7, 11) is 0. The minimum Gasteiger partial charge on any atom is -0.291 e. The number of H-pyrrole nitrogens is 1. The predicted molar refractivity (Wildman–Crippen MR) is 109 cm³/mol. The van der Waals surface area contributed by atoms with Crippen molar-refractivity contribution in [2.24, 2.45) is 0 Å². The molecule has 0 aliphatic carbocycles. The van der Waals surface area contributed by atoms with Crippen molar-refractivity contribution in [2.75, 3.05) is 11.2 Å². The number of carbonyl (C=O) groups is 1. The van der Waals surface area contributed by atoms with Crippen LogP contribution in [-0.2, 0) is 4.79 Å². The van der Waals surface area contributed by atoms with Gasteiger partial charge in [-0.15, -0.1) is 0 Å². The number of thioether (sulfide) groups is 1. The summed E-state index contributed by atoms with van der Waals surface area (Å²) < 4.78 is 1.70. The van der Waals surface area contributed by atoms with Gasteiger partial charge < -0.3 is 0 Å². The molecule has 6 nitrogen and oxygen atoms in total. The van der Waals surface area contributed by atoms with E-state index in [0.717, 1.165) is 16.8 Å². The van der Waals surface area contributed by atoms with Crippen molar-refractivity contribution < 1.29 is 9.48 Å². The van der Waals surface area contributed by atoms with E-state index in [1.54, 1.807) is 9.58 Å². The van der Waals surface area contributed by atoms with Gasteiger partial charge >= 0.3 is 11.3 Å². The highest BCUT2D eigenvalue weighted by Crippen LogP contribution is 2.38. The van der Waals surface area contributed by atoms with Crippen molar-refractivity contribution in [3.05, 3.63) is 70.0 Å². The van der Waals surface area contributed by atoms with Gasteiger partial charge in [0.25, 0.3) is 6.17 Å². The summed E-state index contributed by atoms with van der Waals surface area (Å²) in [5.74, 6) is -0.0216. The van der Waals surface area contributed by atoms with E-state index in [4.69, 9.17) is 0 Å². The van der Waals surface area contributed by atoms with Crippen molar-refractivity contribution in [3.63, 3.8) is 0 Å². The Hall–Kier alpha value is -2.93. The molecule has 1 N–H and O–H groups in total. The zero-order valence-corrected chi connectivity index (χ0v) is 16.8. The van der Waals surface area contributed by atoms with Crippen LogP contribution in [0, 0.1) is 6.92 Å². The van der Waals surface area contributed by atoms with Crippen LogP contribution in [0.2, 0.25) is 0 Å². The largest absolute Gasteiger partial charge is 0.325 e. The molecule has 2 aromatic carbocycles. The molecule has 7 heteroatoms. The normalized spacial score (nSPS) is 15.1. The fourth-order valence-corrected chi connectivity index (χ4v) is 4.03. The number of aryl methyl sites for hydroxylation is 1. The standard InChI is InChI=1S/C21H20N4O2S/c1-4-17(26)24-16-12-8-7-11-15(16)18-19(27)22-21(28-3)23-25(18)20(24)14-10-6-5-9-13(14)2/h5-12,20H,4H2,1-3H3/p+1/t20-/m0/s1. The van der Waals surface area contributed by atoms with Crippen molar-refractivity contribution in [1.82, 2.24) is 10.1 Å². The highest BCUT2D eigenvalue weighted by Gasteiger charge is 2.45. The number of aromatic amines is 1. The van der Waals surface area contributed by atoms with Crippen LogP contribution in [0.3, 0.4) is 0 Å². The molecule has 0 saturated carbocycles. The van der Waals surface area contributed by atoms with E-state index in [1.807, 2.05) is 68.6 Å². The number of nitrogens with one attached hydrogen (secondary N) is 1. The lowest BCUT2D eigenvalue weighted by Gasteiger charge is -2.32. The smallest absolute Gasteiger partial charge is 0.291 e. The van der Waals surface area contributed by atoms with E-state index in [-0.39, 0.29) is 11.5 Å². The maximum atomic E-state index is 13.1. The Labute approximate surface area is 167 Å². The van der Waals surface area contributed by atoms with Gasteiger partial charge in [-0.3, -0.25) is 14.6 Å². The molecule has 4 rings (SSSR count). The van der Waals surface area contributed by atoms with Crippen molar-refractivity contribution >= 4 is 23.4 Å². The molecule has 2 heterocycles. The molecule has 0 spiro atoms. The molecule has 0 unspecified atom stereocenters. The summed E-state index contributed by atoms with van der Waals surface area (Å²) in [6, 6.07) is 15.4. The topological polar surface area (TPSA) is 69.9 Å². The number of carbonyl (C=O) groups excluding carboxylic acids is 1. The minimum absolute atomic E-state index is 0.0216. The third-order valence-corrected chi connectivity index (χ3v) is 5.56. The molecule has 1 atom stereocenters. The van der Waals surface area contributed by atoms with Crippen LogP contribution in [0.1, 0.15) is 30.6 Å². The van der Waals surface area contributed by atoms with Crippen molar-refractivity contribution in [2.45, 2.75) is 31.6 Å². The highest BCUT2D eigenvalue weighted by atomic mass is 32.2. The molecular weight excluding hydrogens is 372 g/mol. The van der Waals surface area contributed by atoms with Gasteiger partial charge in [-0.25, -0.2) is 4.90 Å². The van der Waals surface area contributed by atoms with E-state index in [1.165, 1.54) is 11.8 Å². The summed E-state index contributed by atoms with van der Waals surface area (Å²) in [5, 5.41) is 5.20. The number of rotatable bonds is 3. The molecule has 3 aromatic rings. The summed E-state index contributed by atoms with van der Waals surface area (Å²) in [5.41, 5.74) is 3.65. The molecular formula is C21H21N4O2S+. The fraction of sp³-hybridized carbons (Fsp3) is 0.238. The molecule has 1 aliphatic rings. The number of hydrogen-bond acceptors (Lipinski definition) is 4. The second-order valence-electron chi connectivity index (χ2n) is 6.62. The number of nitrogens with zero attached hydrogens (tertiary/aromatic N) is 3. The first-order chi connectivity index (χ1) is 13.6. The van der Waals surface area contributed by atoms with E-state index in [0.29, 0.717) is 22.8 Å². The summed E-state index contributed by atoms with van der Waals surface area (Å²) in [4.78, 5) is 30.7. The zero-order valence-electron chi connectivity index (χ0n) is 16.0. The lowest BCUT2D eigenvalue weighted by molar-refractivity contribution is -0.763. The average molecular weight is 393 g/mol. The molecule has 0 fully saturated rings. The van der Waals surface area contributed by atoms with Crippen LogP contribution in [0.15, 0.2) is 58.5 Å². The number of anilines is 1. The maximum Gasteiger partial charge on any atom is 0.325 e. The molecule has 0 radical (unpaired) electrons. The first kappa shape index (κ1) is 18.4. The summed E-state index contributed by atoms with van der Waals surface area (Å²) in [6.07, 6.45) is 1.69. The second-order valence-corrected chi connectivity index (χ2v) is 7.42. The van der Waals surface area contributed by atoms with Crippen LogP contribution >= 0.6 is 11.8 Å². The Morgan fingerprint density at radius 1 is 1.21 bits per heavy atom. The van der Waals surface area contributed by atoms with E-state index < -0.39 is 6.17 Å². The number of amides is 1. The molecule has 1 aromatic heterocycles. The van der Waals surface area contributed by atoms with E-state index >= 15 is 0 Å². The number of hydrogen-bond donors (Lipinski definition) is 1. The molecule has 28 heavy (non-hydrogen) atoms. The quantitative estimate of drug-likeness (QED) is 0.548. The van der Waals surface area contributed by atoms with Crippen LogP contribution in [0.5, 0.6) is 0 Å². The van der Waals surface area contributed by atoms with E-state index in [2.05, 4.69) is 10.1 Å². The van der Waals surface area contributed by atoms with Crippen molar-refractivity contribution in [1.29, 1.82) is 0 Å². The Balaban J connectivity index is 2.12. The monoisotopic (exact) mass is 393 g/mol. The highest BCUT2D eigenvalue weighted by molar-refractivity contribution is 7.98. The SMILES string of the molecule is CCC(=O)N1c2ccccc2-c2c(=O)[nH]c(SC)n[n+]2[C@H]1c1ccccc1C. The number of benzene rings is 2. The third kappa shape index (κ3) is 2.82. The van der Waals surface area contributed by atoms with E-state index in [9.17, 15) is 9.59 Å². The third-order valence-electron chi connectivity index (χ3n) is 4.99. The van der Waals surface area contributed by atoms with Gasteiger partial charge in [-0.05, 0) is 41.6 Å². The molecule has 0 saturated heterocycles. The zero-order chi connectivity index (χ0) is 19.8. The molecule has 0 bridgehead atoms. The lowest BCUT2D eigenvalue weighted by atomic mass is 9.98. The van der Waals surface area contributed by atoms with Crippen LogP contribution < -0.4 is 15.1 Å². The average Bonchev–Trinajstić information content (AvgIpc) is 2.72. The second kappa shape index (κ2) is 7.24. The van der Waals surface area contributed by atoms with Gasteiger partial charge in [0.1, 0.15) is 0 Å². The first-order valence-corrected chi connectivity index (χ1v) is 10.4. The Kier molecular flexibility index (Phi) is 4.77. The van der Waals surface area contributed by atoms with Gasteiger partial charge in [0.15, 0.2) is 0 Å². The van der Waals surface area contributed by atoms with Gasteiger partial charge in [0.2, 0.25) is 11.1 Å². The Bertz CT molecular complexity index is 1130. The van der Waals surface area contributed by atoms with Crippen LogP contribution in [-0.4, -0.2) is 22.2 Å². The molecule has 1 aliphatic heterocycles. The fourth-order valence-electron chi connectivity index (χ4n) is 3.66. The summed E-state index contributed by atoms with van der Waals surface area (Å²) >= 11 is 1.36. The van der Waals surface area contributed by atoms with Crippen molar-refractivity contribution in [3.8, 4) is 11.3 Å². The Morgan fingerprint density at radius 3 is 2.64 bits per heavy atom. The number of aromatic nitrogens is 3. The van der Waals surface area contributed by atoms with Gasteiger partial charge in [-0.1, -0.05) is 49.0 Å². The van der Waals surface area contributed by atoms with Crippen LogP contribution in [0.25, 0.3) is 11.3 Å². The lowest BCUT2D eigenvalue weighted by Crippen LogP contribution is -2.61.